The van der Waals surface area contributed by atoms with Gasteiger partial charge in [0.1, 0.15) is 0 Å². The number of hydrogen-bond donors (Lipinski definition) is 1. The Hall–Kier alpha value is -0.830. The Labute approximate surface area is 130 Å². The highest BCUT2D eigenvalue weighted by atomic mass is 15.3. The van der Waals surface area contributed by atoms with Crippen molar-refractivity contribution in [3.05, 3.63) is 18.0 Å². The Morgan fingerprint density at radius 2 is 2.05 bits per heavy atom. The highest BCUT2D eigenvalue weighted by molar-refractivity contribution is 5.11. The summed E-state index contributed by atoms with van der Waals surface area (Å²) in [5.74, 6) is 3.02. The van der Waals surface area contributed by atoms with Gasteiger partial charge in [0, 0.05) is 30.4 Å². The van der Waals surface area contributed by atoms with Gasteiger partial charge in [0.25, 0.3) is 0 Å². The maximum absolute atomic E-state index is 4.40. The van der Waals surface area contributed by atoms with Crippen LogP contribution in [0.15, 0.2) is 12.3 Å². The van der Waals surface area contributed by atoms with Crippen molar-refractivity contribution < 1.29 is 0 Å². The molecule has 1 fully saturated rings. The fraction of sp³-hybridized carbons (Fsp3) is 0.833. The Bertz CT molecular complexity index is 442. The topological polar surface area (TPSA) is 29.9 Å². The molecular weight excluding hydrogens is 258 g/mol. The first-order chi connectivity index (χ1) is 9.78. The zero-order valence-electron chi connectivity index (χ0n) is 14.7. The molecule has 21 heavy (non-hydrogen) atoms. The van der Waals surface area contributed by atoms with Crippen LogP contribution in [0.3, 0.4) is 0 Å². The van der Waals surface area contributed by atoms with Crippen molar-refractivity contribution in [1.82, 2.24) is 15.1 Å². The quantitative estimate of drug-likeness (QED) is 0.910. The minimum Gasteiger partial charge on any atom is -0.312 e. The second-order valence-electron chi connectivity index (χ2n) is 8.19. The minimum atomic E-state index is 0.200. The normalized spacial score (nSPS) is 27.3. The van der Waals surface area contributed by atoms with Crippen molar-refractivity contribution in [2.24, 2.45) is 24.8 Å². The van der Waals surface area contributed by atoms with Gasteiger partial charge in [-0.05, 0) is 70.4 Å². The average molecular weight is 291 g/mol. The number of hydrogen-bond acceptors (Lipinski definition) is 2. The van der Waals surface area contributed by atoms with Gasteiger partial charge in [-0.3, -0.25) is 4.68 Å². The number of nitrogens with zero attached hydrogens (tertiary/aromatic N) is 2. The first-order valence-electron chi connectivity index (χ1n) is 8.51. The van der Waals surface area contributed by atoms with E-state index in [1.165, 1.54) is 25.0 Å². The summed E-state index contributed by atoms with van der Waals surface area (Å²) in [5, 5.41) is 8.12. The van der Waals surface area contributed by atoms with Crippen LogP contribution in [-0.4, -0.2) is 21.9 Å². The van der Waals surface area contributed by atoms with E-state index in [2.05, 4.69) is 62.8 Å². The molecule has 1 aromatic heterocycles. The Morgan fingerprint density at radius 1 is 1.33 bits per heavy atom. The minimum absolute atomic E-state index is 0.200. The van der Waals surface area contributed by atoms with E-state index < -0.39 is 0 Å². The van der Waals surface area contributed by atoms with Crippen molar-refractivity contribution >= 4 is 0 Å². The van der Waals surface area contributed by atoms with Crippen LogP contribution in [-0.2, 0) is 7.05 Å². The number of rotatable bonds is 4. The smallest absolute Gasteiger partial charge is 0.0492 e. The Morgan fingerprint density at radius 3 is 2.57 bits per heavy atom. The van der Waals surface area contributed by atoms with Crippen molar-refractivity contribution in [3.8, 4) is 0 Å². The highest BCUT2D eigenvalue weighted by Crippen LogP contribution is 2.42. The molecule has 0 aromatic carbocycles. The van der Waals surface area contributed by atoms with Gasteiger partial charge in [0.05, 0.1) is 0 Å². The molecule has 1 aliphatic carbocycles. The van der Waals surface area contributed by atoms with Gasteiger partial charge in [0.2, 0.25) is 0 Å². The van der Waals surface area contributed by atoms with Crippen molar-refractivity contribution in [3.63, 3.8) is 0 Å². The van der Waals surface area contributed by atoms with E-state index in [-0.39, 0.29) is 5.54 Å². The summed E-state index contributed by atoms with van der Waals surface area (Å²) >= 11 is 0. The third-order valence-corrected chi connectivity index (χ3v) is 5.11. The molecule has 0 bridgehead atoms. The largest absolute Gasteiger partial charge is 0.312 e. The summed E-state index contributed by atoms with van der Waals surface area (Å²) in [4.78, 5) is 0. The molecule has 3 atom stereocenters. The molecule has 1 heterocycles. The third kappa shape index (κ3) is 4.32. The van der Waals surface area contributed by atoms with E-state index in [4.69, 9.17) is 0 Å². The van der Waals surface area contributed by atoms with Crippen LogP contribution in [0.4, 0.5) is 0 Å². The van der Waals surface area contributed by atoms with E-state index in [1.54, 1.807) is 0 Å². The van der Waals surface area contributed by atoms with Gasteiger partial charge in [-0.25, -0.2) is 0 Å². The lowest BCUT2D eigenvalue weighted by molar-refractivity contribution is 0.178. The summed E-state index contributed by atoms with van der Waals surface area (Å²) in [6.07, 6.45) is 5.97. The molecule has 1 aliphatic rings. The molecule has 1 N–H and O–H groups in total. The zero-order chi connectivity index (χ0) is 15.6. The second kappa shape index (κ2) is 6.51. The van der Waals surface area contributed by atoms with E-state index >= 15 is 0 Å². The van der Waals surface area contributed by atoms with E-state index in [1.807, 2.05) is 6.20 Å². The standard InChI is InChI=1S/C18H33N3/c1-13(2)14-7-8-15(12-19-18(3,4)5)16(11-14)17-9-10-20-21(17)6/h9-10,13-16,19H,7-8,11-12H2,1-6H3. The van der Waals surface area contributed by atoms with E-state index in [9.17, 15) is 0 Å². The van der Waals surface area contributed by atoms with Crippen LogP contribution < -0.4 is 5.32 Å². The maximum atomic E-state index is 4.40. The lowest BCUT2D eigenvalue weighted by Crippen LogP contribution is -2.42. The summed E-state index contributed by atoms with van der Waals surface area (Å²) in [5.41, 5.74) is 1.62. The molecule has 1 saturated carbocycles. The van der Waals surface area contributed by atoms with Crippen molar-refractivity contribution in [1.29, 1.82) is 0 Å². The summed E-state index contributed by atoms with van der Waals surface area (Å²) in [6, 6.07) is 2.22. The van der Waals surface area contributed by atoms with Crippen molar-refractivity contribution in [2.45, 2.75) is 65.3 Å². The summed E-state index contributed by atoms with van der Waals surface area (Å²) in [6.45, 7) is 12.6. The lowest BCUT2D eigenvalue weighted by atomic mass is 9.69. The molecule has 0 spiro atoms. The summed E-state index contributed by atoms with van der Waals surface area (Å²) in [7, 11) is 2.09. The van der Waals surface area contributed by atoms with Crippen LogP contribution >= 0.6 is 0 Å². The molecule has 0 saturated heterocycles. The van der Waals surface area contributed by atoms with Gasteiger partial charge in [-0.2, -0.15) is 5.10 Å². The van der Waals surface area contributed by atoms with Gasteiger partial charge in [0.15, 0.2) is 0 Å². The number of aryl methyl sites for hydroxylation is 1. The molecular formula is C18H33N3. The van der Waals surface area contributed by atoms with Gasteiger partial charge in [-0.15, -0.1) is 0 Å². The fourth-order valence-corrected chi connectivity index (χ4v) is 3.66. The predicted molar refractivity (Wildman–Crippen MR) is 89.4 cm³/mol. The van der Waals surface area contributed by atoms with Crippen LogP contribution in [0.5, 0.6) is 0 Å². The fourth-order valence-electron chi connectivity index (χ4n) is 3.66. The maximum Gasteiger partial charge on any atom is 0.0492 e. The van der Waals surface area contributed by atoms with Gasteiger partial charge < -0.3 is 5.32 Å². The summed E-state index contributed by atoms with van der Waals surface area (Å²) < 4.78 is 2.08. The van der Waals surface area contributed by atoms with Gasteiger partial charge in [-0.1, -0.05) is 13.8 Å². The Kier molecular flexibility index (Phi) is 5.13. The SMILES string of the molecule is CC(C)C1CCC(CNC(C)(C)C)C(c2ccnn2C)C1. The first kappa shape index (κ1) is 16.5. The predicted octanol–water partition coefficient (Wildman–Crippen LogP) is 3.96. The zero-order valence-corrected chi connectivity index (χ0v) is 14.7. The molecule has 0 radical (unpaired) electrons. The molecule has 0 amide bonds. The van der Waals surface area contributed by atoms with Crippen LogP contribution in [0.25, 0.3) is 0 Å². The molecule has 3 unspecified atom stereocenters. The van der Waals surface area contributed by atoms with Crippen molar-refractivity contribution in [2.75, 3.05) is 6.54 Å². The monoisotopic (exact) mass is 291 g/mol. The number of aromatic nitrogens is 2. The highest BCUT2D eigenvalue weighted by Gasteiger charge is 2.34. The van der Waals surface area contributed by atoms with E-state index in [0.29, 0.717) is 5.92 Å². The molecule has 3 nitrogen and oxygen atoms in total. The molecule has 0 aliphatic heterocycles. The average Bonchev–Trinajstić information content (AvgIpc) is 2.81. The number of nitrogens with one attached hydrogen (secondary N) is 1. The van der Waals surface area contributed by atoms with Gasteiger partial charge >= 0.3 is 0 Å². The van der Waals surface area contributed by atoms with Crippen LogP contribution in [0.2, 0.25) is 0 Å². The van der Waals surface area contributed by atoms with Crippen LogP contribution in [0, 0.1) is 17.8 Å². The molecule has 120 valence electrons. The van der Waals surface area contributed by atoms with Crippen LogP contribution in [0.1, 0.15) is 65.5 Å². The molecule has 1 aromatic rings. The third-order valence-electron chi connectivity index (χ3n) is 5.11. The van der Waals surface area contributed by atoms with E-state index in [0.717, 1.165) is 24.3 Å². The second-order valence-corrected chi connectivity index (χ2v) is 8.19. The molecule has 3 heteroatoms. The lowest BCUT2D eigenvalue weighted by Gasteiger charge is -2.39. The molecule has 2 rings (SSSR count). The Balaban J connectivity index is 2.13. The first-order valence-corrected chi connectivity index (χ1v) is 8.51.